The molecule has 0 unspecified atom stereocenters. The minimum atomic E-state index is 0.172. The third-order valence-corrected chi connectivity index (χ3v) is 3.40. The maximum atomic E-state index is 9.16. The smallest absolute Gasteiger partial charge is 0.0606 e. The lowest BCUT2D eigenvalue weighted by Crippen LogP contribution is -2.37. The van der Waals surface area contributed by atoms with Crippen molar-refractivity contribution < 1.29 is 5.11 Å². The number of rotatable bonds is 6. The van der Waals surface area contributed by atoms with Gasteiger partial charge in [0.1, 0.15) is 0 Å². The van der Waals surface area contributed by atoms with E-state index in [4.69, 9.17) is 5.11 Å². The summed E-state index contributed by atoms with van der Waals surface area (Å²) in [5.74, 6) is 0. The number of aromatic nitrogens is 1. The average Bonchev–Trinajstić information content (AvgIpc) is 2.30. The van der Waals surface area contributed by atoms with Gasteiger partial charge in [0.15, 0.2) is 0 Å². The normalized spacial score (nSPS) is 10.8. The number of hydrogen-bond acceptors (Lipinski definition) is 3. The molecular weight excluding hydrogens is 268 g/mol. The second-order valence-electron chi connectivity index (χ2n) is 3.71. The van der Waals surface area contributed by atoms with Gasteiger partial charge in [-0.15, -0.1) is 0 Å². The summed E-state index contributed by atoms with van der Waals surface area (Å²) < 4.78 is 0.982. The van der Waals surface area contributed by atoms with Crippen LogP contribution in [-0.2, 0) is 0 Å². The van der Waals surface area contributed by atoms with Crippen molar-refractivity contribution in [3.63, 3.8) is 0 Å². The lowest BCUT2D eigenvalue weighted by molar-refractivity contribution is 0.296. The highest BCUT2D eigenvalue weighted by molar-refractivity contribution is 9.10. The highest BCUT2D eigenvalue weighted by Crippen LogP contribution is 2.27. The Morgan fingerprint density at radius 1 is 1.44 bits per heavy atom. The summed E-state index contributed by atoms with van der Waals surface area (Å²) in [6.07, 6.45) is 5.73. The van der Waals surface area contributed by atoms with E-state index < -0.39 is 0 Å². The quantitative estimate of drug-likeness (QED) is 0.874. The number of hydrogen-bond donors (Lipinski definition) is 1. The Morgan fingerprint density at radius 3 is 2.62 bits per heavy atom. The summed E-state index contributed by atoms with van der Waals surface area (Å²) in [6.45, 7) is 5.18. The molecule has 1 heterocycles. The van der Waals surface area contributed by atoms with E-state index in [2.05, 4.69) is 39.7 Å². The third-order valence-electron chi connectivity index (χ3n) is 2.78. The van der Waals surface area contributed by atoms with E-state index in [0.717, 1.165) is 23.0 Å². The molecule has 4 heteroatoms. The Bertz CT molecular complexity index is 316. The summed E-state index contributed by atoms with van der Waals surface area (Å²) in [7, 11) is 0. The van der Waals surface area contributed by atoms with Crippen molar-refractivity contribution in [2.75, 3.05) is 18.1 Å². The van der Waals surface area contributed by atoms with Gasteiger partial charge in [0, 0.05) is 25.0 Å². The van der Waals surface area contributed by atoms with Crippen LogP contribution in [0.1, 0.15) is 26.7 Å². The van der Waals surface area contributed by atoms with Crippen LogP contribution in [0.15, 0.2) is 22.9 Å². The van der Waals surface area contributed by atoms with Crippen molar-refractivity contribution in [2.24, 2.45) is 0 Å². The summed E-state index contributed by atoms with van der Waals surface area (Å²) in [5, 5.41) is 9.16. The fourth-order valence-corrected chi connectivity index (χ4v) is 2.42. The zero-order valence-electron chi connectivity index (χ0n) is 9.86. The molecule has 0 aliphatic carbocycles. The number of aliphatic hydroxyl groups excluding tert-OH is 1. The SMILES string of the molecule is CCC(CC)N(CCO)c1ccncc1Br. The van der Waals surface area contributed by atoms with Gasteiger partial charge < -0.3 is 10.0 Å². The summed E-state index contributed by atoms with van der Waals surface area (Å²) >= 11 is 3.51. The van der Waals surface area contributed by atoms with Crippen LogP contribution in [0, 0.1) is 0 Å². The van der Waals surface area contributed by atoms with E-state index in [1.807, 2.05) is 6.07 Å². The molecule has 1 aromatic rings. The van der Waals surface area contributed by atoms with Crippen molar-refractivity contribution in [3.05, 3.63) is 22.9 Å². The van der Waals surface area contributed by atoms with Gasteiger partial charge in [0.25, 0.3) is 0 Å². The first kappa shape index (κ1) is 13.5. The second-order valence-corrected chi connectivity index (χ2v) is 4.57. The maximum Gasteiger partial charge on any atom is 0.0606 e. The van der Waals surface area contributed by atoms with Gasteiger partial charge in [-0.25, -0.2) is 0 Å². The van der Waals surface area contributed by atoms with Crippen molar-refractivity contribution in [1.82, 2.24) is 4.98 Å². The molecule has 0 saturated heterocycles. The predicted molar refractivity (Wildman–Crippen MR) is 70.7 cm³/mol. The molecule has 0 saturated carbocycles. The van der Waals surface area contributed by atoms with Crippen molar-refractivity contribution in [1.29, 1.82) is 0 Å². The van der Waals surface area contributed by atoms with Gasteiger partial charge in [-0.05, 0) is 34.8 Å². The molecule has 3 nitrogen and oxygen atoms in total. The van der Waals surface area contributed by atoms with Gasteiger partial charge in [-0.2, -0.15) is 0 Å². The van der Waals surface area contributed by atoms with Crippen LogP contribution in [0.2, 0.25) is 0 Å². The van der Waals surface area contributed by atoms with Crippen LogP contribution in [0.25, 0.3) is 0 Å². The molecule has 0 aliphatic rings. The molecule has 90 valence electrons. The van der Waals surface area contributed by atoms with E-state index in [0.29, 0.717) is 12.6 Å². The monoisotopic (exact) mass is 286 g/mol. The summed E-state index contributed by atoms with van der Waals surface area (Å²) in [5.41, 5.74) is 1.11. The van der Waals surface area contributed by atoms with Crippen LogP contribution in [0.4, 0.5) is 5.69 Å². The molecule has 0 radical (unpaired) electrons. The minimum absolute atomic E-state index is 0.172. The zero-order chi connectivity index (χ0) is 12.0. The van der Waals surface area contributed by atoms with Crippen molar-refractivity contribution >= 4 is 21.6 Å². The number of aliphatic hydroxyl groups is 1. The zero-order valence-corrected chi connectivity index (χ0v) is 11.4. The van der Waals surface area contributed by atoms with Gasteiger partial charge in [0.05, 0.1) is 16.8 Å². The lowest BCUT2D eigenvalue weighted by atomic mass is 10.1. The highest BCUT2D eigenvalue weighted by Gasteiger charge is 2.17. The number of anilines is 1. The lowest BCUT2D eigenvalue weighted by Gasteiger charge is -2.32. The molecule has 0 aromatic carbocycles. The average molecular weight is 287 g/mol. The molecule has 1 rings (SSSR count). The summed E-state index contributed by atoms with van der Waals surface area (Å²) in [4.78, 5) is 6.30. The Labute approximate surface area is 106 Å². The van der Waals surface area contributed by atoms with E-state index in [-0.39, 0.29) is 6.61 Å². The predicted octanol–water partition coefficient (Wildman–Crippen LogP) is 2.83. The van der Waals surface area contributed by atoms with Crippen molar-refractivity contribution in [3.8, 4) is 0 Å². The molecular formula is C12H19BrN2O. The molecule has 0 fully saturated rings. The molecule has 1 aromatic heterocycles. The molecule has 0 amide bonds. The molecule has 16 heavy (non-hydrogen) atoms. The van der Waals surface area contributed by atoms with E-state index in [9.17, 15) is 0 Å². The van der Waals surface area contributed by atoms with Crippen LogP contribution in [0.5, 0.6) is 0 Å². The van der Waals surface area contributed by atoms with Crippen LogP contribution in [0.3, 0.4) is 0 Å². The van der Waals surface area contributed by atoms with Gasteiger partial charge in [-0.3, -0.25) is 4.98 Å². The minimum Gasteiger partial charge on any atom is -0.395 e. The van der Waals surface area contributed by atoms with E-state index in [1.165, 1.54) is 0 Å². The van der Waals surface area contributed by atoms with Crippen LogP contribution >= 0.6 is 15.9 Å². The van der Waals surface area contributed by atoms with Gasteiger partial charge in [0.2, 0.25) is 0 Å². The number of halogens is 1. The number of nitrogens with zero attached hydrogens (tertiary/aromatic N) is 2. The Balaban J connectivity index is 2.97. The molecule has 0 bridgehead atoms. The first-order valence-electron chi connectivity index (χ1n) is 5.71. The Morgan fingerprint density at radius 2 is 2.12 bits per heavy atom. The molecule has 0 atom stereocenters. The largest absolute Gasteiger partial charge is 0.395 e. The second kappa shape index (κ2) is 6.86. The van der Waals surface area contributed by atoms with E-state index >= 15 is 0 Å². The summed E-state index contributed by atoms with van der Waals surface area (Å²) in [6, 6.07) is 2.45. The van der Waals surface area contributed by atoms with Gasteiger partial charge >= 0.3 is 0 Å². The Kier molecular flexibility index (Phi) is 5.77. The number of pyridine rings is 1. The van der Waals surface area contributed by atoms with Crippen LogP contribution in [-0.4, -0.2) is 29.3 Å². The fourth-order valence-electron chi connectivity index (χ4n) is 1.94. The Hall–Kier alpha value is -0.610. The molecule has 1 N–H and O–H groups in total. The van der Waals surface area contributed by atoms with Gasteiger partial charge in [-0.1, -0.05) is 13.8 Å². The fraction of sp³-hybridized carbons (Fsp3) is 0.583. The molecule has 0 spiro atoms. The first-order chi connectivity index (χ1) is 7.74. The third kappa shape index (κ3) is 3.19. The highest BCUT2D eigenvalue weighted by atomic mass is 79.9. The topological polar surface area (TPSA) is 36.4 Å². The first-order valence-corrected chi connectivity index (χ1v) is 6.50. The molecule has 0 aliphatic heterocycles. The van der Waals surface area contributed by atoms with Crippen molar-refractivity contribution in [2.45, 2.75) is 32.7 Å². The van der Waals surface area contributed by atoms with Crippen LogP contribution < -0.4 is 4.90 Å². The maximum absolute atomic E-state index is 9.16. The van der Waals surface area contributed by atoms with E-state index in [1.54, 1.807) is 12.4 Å². The standard InChI is InChI=1S/C12H19BrN2O/c1-3-10(4-2)15(7-8-16)12-5-6-14-9-11(12)13/h5-6,9-10,16H,3-4,7-8H2,1-2H3.